The van der Waals surface area contributed by atoms with Gasteiger partial charge in [-0.1, -0.05) is 0 Å². The van der Waals surface area contributed by atoms with Gasteiger partial charge in [-0.15, -0.1) is 0 Å². The van der Waals surface area contributed by atoms with Gasteiger partial charge in [0.2, 0.25) is 0 Å². The lowest BCUT2D eigenvalue weighted by molar-refractivity contribution is -0.384. The summed E-state index contributed by atoms with van der Waals surface area (Å²) in [6, 6.07) is 4.09. The zero-order chi connectivity index (χ0) is 15.8. The van der Waals surface area contributed by atoms with Crippen molar-refractivity contribution in [3.63, 3.8) is 0 Å². The number of carbonyl (C=O) groups is 2. The van der Waals surface area contributed by atoms with Crippen LogP contribution in [0.5, 0.6) is 0 Å². The Morgan fingerprint density at radius 1 is 1.38 bits per heavy atom. The maximum atomic E-state index is 11.9. The first-order chi connectivity index (χ1) is 9.95. The standard InChI is InChI=1S/C13H15IN2O5/c1-21-12(17)4-2-3-7-15-13(18)10-6-5-9(16(19)20)8-11(10)14/h5-6,8H,2-4,7H2,1H3,(H,15,18). The SMILES string of the molecule is COC(=O)CCCCNC(=O)c1ccc([N+](=O)[O-])cc1I. The summed E-state index contributed by atoms with van der Waals surface area (Å²) < 4.78 is 5.03. The van der Waals surface area contributed by atoms with E-state index in [9.17, 15) is 19.7 Å². The van der Waals surface area contributed by atoms with E-state index in [2.05, 4.69) is 10.1 Å². The molecule has 0 aliphatic rings. The van der Waals surface area contributed by atoms with Crippen LogP contribution in [-0.4, -0.2) is 30.5 Å². The van der Waals surface area contributed by atoms with Crippen LogP contribution in [-0.2, 0) is 9.53 Å². The number of carbonyl (C=O) groups excluding carboxylic acids is 2. The van der Waals surface area contributed by atoms with Gasteiger partial charge < -0.3 is 10.1 Å². The summed E-state index contributed by atoms with van der Waals surface area (Å²) >= 11 is 1.89. The van der Waals surface area contributed by atoms with Crippen LogP contribution in [0, 0.1) is 13.7 Å². The van der Waals surface area contributed by atoms with Crippen LogP contribution in [0.25, 0.3) is 0 Å². The predicted octanol–water partition coefficient (Wildman–Crippen LogP) is 2.27. The number of non-ortho nitro benzene ring substituents is 1. The third kappa shape index (κ3) is 5.66. The highest BCUT2D eigenvalue weighted by Gasteiger charge is 2.14. The van der Waals surface area contributed by atoms with E-state index in [0.29, 0.717) is 34.9 Å². The van der Waals surface area contributed by atoms with E-state index in [1.54, 1.807) is 0 Å². The topological polar surface area (TPSA) is 98.5 Å². The van der Waals surface area contributed by atoms with E-state index < -0.39 is 4.92 Å². The lowest BCUT2D eigenvalue weighted by Crippen LogP contribution is -2.25. The van der Waals surface area contributed by atoms with Crippen molar-refractivity contribution >= 4 is 40.2 Å². The molecule has 21 heavy (non-hydrogen) atoms. The number of halogens is 1. The van der Waals surface area contributed by atoms with Crippen LogP contribution in [0.3, 0.4) is 0 Å². The van der Waals surface area contributed by atoms with Gasteiger partial charge in [0.05, 0.1) is 17.6 Å². The summed E-state index contributed by atoms with van der Waals surface area (Å²) in [5.74, 6) is -0.557. The molecule has 1 aromatic rings. The number of methoxy groups -OCH3 is 1. The second-order valence-corrected chi connectivity index (χ2v) is 5.37. The van der Waals surface area contributed by atoms with E-state index in [4.69, 9.17) is 0 Å². The Bertz CT molecular complexity index is 547. The van der Waals surface area contributed by atoms with E-state index in [-0.39, 0.29) is 17.6 Å². The first-order valence-corrected chi connectivity index (χ1v) is 7.32. The largest absolute Gasteiger partial charge is 0.469 e. The molecule has 0 fully saturated rings. The van der Waals surface area contributed by atoms with Crippen molar-refractivity contribution in [2.75, 3.05) is 13.7 Å². The van der Waals surface area contributed by atoms with Crippen molar-refractivity contribution in [3.8, 4) is 0 Å². The maximum Gasteiger partial charge on any atom is 0.305 e. The molecule has 1 N–H and O–H groups in total. The van der Waals surface area contributed by atoms with E-state index in [0.717, 1.165) is 0 Å². The molecule has 0 heterocycles. The molecule has 0 unspecified atom stereocenters. The fourth-order valence-corrected chi connectivity index (χ4v) is 2.34. The Hall–Kier alpha value is -1.71. The molecule has 7 nitrogen and oxygen atoms in total. The van der Waals surface area contributed by atoms with Crippen molar-refractivity contribution in [3.05, 3.63) is 37.4 Å². The fraction of sp³-hybridized carbons (Fsp3) is 0.385. The second-order valence-electron chi connectivity index (χ2n) is 4.21. The number of hydrogen-bond donors (Lipinski definition) is 1. The Morgan fingerprint density at radius 2 is 2.10 bits per heavy atom. The van der Waals surface area contributed by atoms with E-state index in [1.807, 2.05) is 22.6 Å². The summed E-state index contributed by atoms with van der Waals surface area (Å²) in [7, 11) is 1.33. The number of ether oxygens (including phenoxy) is 1. The molecular formula is C13H15IN2O5. The average Bonchev–Trinajstić information content (AvgIpc) is 2.46. The van der Waals surface area contributed by atoms with Crippen molar-refractivity contribution in [2.45, 2.75) is 19.3 Å². The molecule has 0 radical (unpaired) electrons. The van der Waals surface area contributed by atoms with Gasteiger partial charge in [-0.05, 0) is 41.5 Å². The average molecular weight is 406 g/mol. The molecule has 1 aromatic carbocycles. The molecular weight excluding hydrogens is 391 g/mol. The number of unbranched alkanes of at least 4 members (excludes halogenated alkanes) is 1. The van der Waals surface area contributed by atoms with Gasteiger partial charge >= 0.3 is 5.97 Å². The summed E-state index contributed by atoms with van der Waals surface area (Å²) in [4.78, 5) is 32.9. The maximum absolute atomic E-state index is 11.9. The molecule has 1 rings (SSSR count). The highest BCUT2D eigenvalue weighted by atomic mass is 127. The zero-order valence-corrected chi connectivity index (χ0v) is 13.6. The van der Waals surface area contributed by atoms with Gasteiger partial charge in [0.25, 0.3) is 11.6 Å². The predicted molar refractivity (Wildman–Crippen MR) is 84.0 cm³/mol. The number of amides is 1. The first-order valence-electron chi connectivity index (χ1n) is 6.24. The van der Waals surface area contributed by atoms with E-state index in [1.165, 1.54) is 25.3 Å². The van der Waals surface area contributed by atoms with Crippen molar-refractivity contribution in [1.29, 1.82) is 0 Å². The minimum atomic E-state index is -0.503. The Morgan fingerprint density at radius 3 is 2.67 bits per heavy atom. The first kappa shape index (κ1) is 17.3. The van der Waals surface area contributed by atoms with Gasteiger partial charge in [0.1, 0.15) is 0 Å². The van der Waals surface area contributed by atoms with Gasteiger partial charge in [-0.2, -0.15) is 0 Å². The number of rotatable bonds is 7. The van der Waals surface area contributed by atoms with Gasteiger partial charge in [-0.25, -0.2) is 0 Å². The zero-order valence-electron chi connectivity index (χ0n) is 11.4. The quantitative estimate of drug-likeness (QED) is 0.246. The molecule has 0 saturated heterocycles. The lowest BCUT2D eigenvalue weighted by atomic mass is 10.2. The number of nitrogens with one attached hydrogen (secondary N) is 1. The van der Waals surface area contributed by atoms with Crippen LogP contribution in [0.15, 0.2) is 18.2 Å². The number of nitro benzene ring substituents is 1. The highest BCUT2D eigenvalue weighted by molar-refractivity contribution is 14.1. The molecule has 0 saturated carbocycles. The highest BCUT2D eigenvalue weighted by Crippen LogP contribution is 2.19. The minimum absolute atomic E-state index is 0.0472. The number of benzene rings is 1. The summed E-state index contributed by atoms with van der Waals surface area (Å²) in [5, 5.41) is 13.3. The Balaban J connectivity index is 2.45. The van der Waals surface area contributed by atoms with Crippen molar-refractivity contribution in [2.24, 2.45) is 0 Å². The number of nitro groups is 1. The van der Waals surface area contributed by atoms with Crippen LogP contribution >= 0.6 is 22.6 Å². The van der Waals surface area contributed by atoms with Gasteiger partial charge in [0, 0.05) is 28.7 Å². The minimum Gasteiger partial charge on any atom is -0.469 e. The summed E-state index contributed by atoms with van der Waals surface area (Å²) in [6.45, 7) is 0.433. The lowest BCUT2D eigenvalue weighted by Gasteiger charge is -2.06. The fourth-order valence-electron chi connectivity index (χ4n) is 1.60. The Kier molecular flexibility index (Phi) is 7.06. The second kappa shape index (κ2) is 8.55. The van der Waals surface area contributed by atoms with Crippen LogP contribution in [0.4, 0.5) is 5.69 Å². The molecule has 1 amide bonds. The molecule has 114 valence electrons. The van der Waals surface area contributed by atoms with Crippen LogP contribution in [0.2, 0.25) is 0 Å². The third-order valence-corrected chi connectivity index (χ3v) is 3.62. The van der Waals surface area contributed by atoms with Crippen LogP contribution in [0.1, 0.15) is 29.6 Å². The summed E-state index contributed by atoms with van der Waals surface area (Å²) in [5.41, 5.74) is 0.350. The molecule has 0 atom stereocenters. The Labute approximate surface area is 135 Å². The summed E-state index contributed by atoms with van der Waals surface area (Å²) in [6.07, 6.45) is 1.61. The molecule has 0 bridgehead atoms. The molecule has 0 aliphatic carbocycles. The molecule has 0 aliphatic heterocycles. The number of hydrogen-bond acceptors (Lipinski definition) is 5. The number of nitrogens with zero attached hydrogens (tertiary/aromatic N) is 1. The monoisotopic (exact) mass is 406 g/mol. The molecule has 0 aromatic heterocycles. The van der Waals surface area contributed by atoms with Crippen LogP contribution < -0.4 is 5.32 Å². The third-order valence-electron chi connectivity index (χ3n) is 2.73. The normalized spacial score (nSPS) is 10.0. The van der Waals surface area contributed by atoms with Gasteiger partial charge in [0.15, 0.2) is 0 Å². The van der Waals surface area contributed by atoms with Crippen molar-refractivity contribution in [1.82, 2.24) is 5.32 Å². The van der Waals surface area contributed by atoms with Gasteiger partial charge in [-0.3, -0.25) is 19.7 Å². The van der Waals surface area contributed by atoms with E-state index >= 15 is 0 Å². The smallest absolute Gasteiger partial charge is 0.305 e. The van der Waals surface area contributed by atoms with Crippen molar-refractivity contribution < 1.29 is 19.2 Å². The molecule has 8 heteroatoms. The molecule has 0 spiro atoms. The number of esters is 1.